The molecule has 0 aliphatic heterocycles. The fraction of sp³-hybridized carbons (Fsp3) is 0.900. The Morgan fingerprint density at radius 2 is 0.758 bits per heavy atom. The highest BCUT2D eigenvalue weighted by molar-refractivity contribution is 5.76. The Labute approximate surface area is 411 Å². The summed E-state index contributed by atoms with van der Waals surface area (Å²) in [4.78, 5) is 24.4. The first-order chi connectivity index (χ1) is 32.5. The summed E-state index contributed by atoms with van der Waals surface area (Å²) in [5.41, 5.74) is 0. The molecule has 0 bridgehead atoms. The van der Waals surface area contributed by atoms with Crippen molar-refractivity contribution in [2.24, 2.45) is 0 Å². The molecular weight excluding hydrogens is 815 g/mol. The van der Waals surface area contributed by atoms with Crippen molar-refractivity contribution < 1.29 is 24.5 Å². The van der Waals surface area contributed by atoms with Gasteiger partial charge in [0.2, 0.25) is 5.91 Å². The molecule has 0 aromatic heterocycles. The van der Waals surface area contributed by atoms with E-state index in [1.54, 1.807) is 0 Å². The highest BCUT2D eigenvalue weighted by Gasteiger charge is 2.20. The molecule has 0 aliphatic carbocycles. The summed E-state index contributed by atoms with van der Waals surface area (Å²) in [5.74, 6) is -0.0727. The molecule has 0 rings (SSSR count). The maximum atomic E-state index is 12.5. The summed E-state index contributed by atoms with van der Waals surface area (Å²) < 4.78 is 5.40. The zero-order valence-corrected chi connectivity index (χ0v) is 44.4. The predicted octanol–water partition coefficient (Wildman–Crippen LogP) is 18.2. The van der Waals surface area contributed by atoms with Crippen LogP contribution in [0.25, 0.3) is 0 Å². The third-order valence-corrected chi connectivity index (χ3v) is 13.8. The molecule has 0 radical (unpaired) electrons. The number of ether oxygens (including phenoxy) is 1. The van der Waals surface area contributed by atoms with Crippen LogP contribution in [-0.4, -0.2) is 47.4 Å². The molecule has 0 saturated carbocycles. The number of aliphatic hydroxyl groups is 2. The van der Waals surface area contributed by atoms with E-state index in [9.17, 15) is 19.8 Å². The van der Waals surface area contributed by atoms with E-state index in [2.05, 4.69) is 43.5 Å². The maximum absolute atomic E-state index is 12.5. The summed E-state index contributed by atoms with van der Waals surface area (Å²) >= 11 is 0. The van der Waals surface area contributed by atoms with Gasteiger partial charge in [0.1, 0.15) is 0 Å². The predicted molar refractivity (Wildman–Crippen MR) is 287 cm³/mol. The van der Waals surface area contributed by atoms with Crippen molar-refractivity contribution in [2.75, 3.05) is 13.2 Å². The molecule has 2 atom stereocenters. The molecule has 66 heavy (non-hydrogen) atoms. The first-order valence-electron chi connectivity index (χ1n) is 29.6. The minimum absolute atomic E-state index is 0.0352. The summed E-state index contributed by atoms with van der Waals surface area (Å²) in [7, 11) is 0. The van der Waals surface area contributed by atoms with Gasteiger partial charge in [-0.15, -0.1) is 0 Å². The molecular formula is C60H115NO5. The summed E-state index contributed by atoms with van der Waals surface area (Å²) in [5, 5.41) is 23.3. The third-order valence-electron chi connectivity index (χ3n) is 13.8. The van der Waals surface area contributed by atoms with Crippen LogP contribution in [0, 0.1) is 0 Å². The van der Waals surface area contributed by atoms with Crippen LogP contribution in [0.5, 0.6) is 0 Å². The minimum Gasteiger partial charge on any atom is -0.465 e. The Bertz CT molecular complexity index is 1030. The number of hydrogen-bond acceptors (Lipinski definition) is 5. The van der Waals surface area contributed by atoms with Gasteiger partial charge in [0, 0.05) is 12.8 Å². The normalized spacial score (nSPS) is 12.7. The fourth-order valence-electron chi connectivity index (χ4n) is 9.24. The molecule has 0 aliphatic rings. The average Bonchev–Trinajstić information content (AvgIpc) is 3.32. The van der Waals surface area contributed by atoms with E-state index in [1.807, 2.05) is 0 Å². The Morgan fingerprint density at radius 3 is 1.15 bits per heavy atom. The highest BCUT2D eigenvalue weighted by Crippen LogP contribution is 2.18. The number of carbonyl (C=O) groups is 2. The molecule has 0 fully saturated rings. The molecule has 6 heteroatoms. The maximum Gasteiger partial charge on any atom is 0.305 e. The van der Waals surface area contributed by atoms with Gasteiger partial charge >= 0.3 is 5.97 Å². The number of carbonyl (C=O) groups excluding carboxylic acids is 2. The first-order valence-corrected chi connectivity index (χ1v) is 29.6. The second-order valence-corrected chi connectivity index (χ2v) is 20.3. The average molecular weight is 931 g/mol. The van der Waals surface area contributed by atoms with Crippen LogP contribution in [0.15, 0.2) is 24.3 Å². The van der Waals surface area contributed by atoms with Gasteiger partial charge in [-0.3, -0.25) is 9.59 Å². The Kier molecular flexibility index (Phi) is 54.5. The zero-order chi connectivity index (χ0) is 47.9. The highest BCUT2D eigenvalue weighted by atomic mass is 16.5. The number of rotatable bonds is 55. The quantitative estimate of drug-likeness (QED) is 0.0321. The second-order valence-electron chi connectivity index (χ2n) is 20.3. The fourth-order valence-corrected chi connectivity index (χ4v) is 9.24. The minimum atomic E-state index is -0.667. The number of aliphatic hydroxyl groups excluding tert-OH is 2. The molecule has 6 nitrogen and oxygen atoms in total. The van der Waals surface area contributed by atoms with Crippen molar-refractivity contribution in [1.82, 2.24) is 5.32 Å². The summed E-state index contributed by atoms with van der Waals surface area (Å²) in [6.07, 6.45) is 67.6. The monoisotopic (exact) mass is 930 g/mol. The van der Waals surface area contributed by atoms with Crippen LogP contribution >= 0.6 is 0 Å². The van der Waals surface area contributed by atoms with Crippen molar-refractivity contribution >= 4 is 11.9 Å². The lowest BCUT2D eigenvalue weighted by molar-refractivity contribution is -0.143. The standard InChI is InChI=1S/C60H115NO5/c1-3-5-7-9-11-13-15-16-17-23-26-29-33-36-40-44-48-52-58(63)57(56-62)61-59(64)53-49-45-41-37-34-30-27-24-21-19-18-20-22-25-28-31-35-39-43-47-51-55-66-60(65)54-50-46-42-38-32-14-12-10-8-6-4-2/h31,35,43,47,57-58,62-63H,3-30,32-34,36-42,44-46,48-56H2,1-2H3,(H,61,64)/b35-31-,47-43-. The van der Waals surface area contributed by atoms with Gasteiger partial charge in [0.15, 0.2) is 0 Å². The molecule has 0 saturated heterocycles. The van der Waals surface area contributed by atoms with Crippen molar-refractivity contribution in [3.05, 3.63) is 24.3 Å². The number of amides is 1. The van der Waals surface area contributed by atoms with Gasteiger partial charge in [-0.05, 0) is 44.9 Å². The second kappa shape index (κ2) is 55.9. The van der Waals surface area contributed by atoms with E-state index in [4.69, 9.17) is 4.74 Å². The molecule has 2 unspecified atom stereocenters. The van der Waals surface area contributed by atoms with Gasteiger partial charge in [-0.2, -0.15) is 0 Å². The lowest BCUT2D eigenvalue weighted by Crippen LogP contribution is -2.45. The van der Waals surface area contributed by atoms with Gasteiger partial charge in [-0.25, -0.2) is 0 Å². The molecule has 3 N–H and O–H groups in total. The lowest BCUT2D eigenvalue weighted by Gasteiger charge is -2.22. The smallest absolute Gasteiger partial charge is 0.305 e. The number of hydrogen-bond donors (Lipinski definition) is 3. The molecule has 390 valence electrons. The number of allylic oxidation sites excluding steroid dienone is 3. The van der Waals surface area contributed by atoms with E-state index < -0.39 is 12.1 Å². The topological polar surface area (TPSA) is 95.9 Å². The van der Waals surface area contributed by atoms with Gasteiger partial charge < -0.3 is 20.3 Å². The van der Waals surface area contributed by atoms with E-state index in [-0.39, 0.29) is 18.5 Å². The van der Waals surface area contributed by atoms with Crippen LogP contribution in [0.3, 0.4) is 0 Å². The van der Waals surface area contributed by atoms with Crippen LogP contribution in [-0.2, 0) is 14.3 Å². The Morgan fingerprint density at radius 1 is 0.424 bits per heavy atom. The van der Waals surface area contributed by atoms with Gasteiger partial charge in [0.25, 0.3) is 0 Å². The van der Waals surface area contributed by atoms with Crippen molar-refractivity contribution in [3.63, 3.8) is 0 Å². The molecule has 1 amide bonds. The number of esters is 1. The molecule has 0 aromatic carbocycles. The van der Waals surface area contributed by atoms with Crippen molar-refractivity contribution in [3.8, 4) is 0 Å². The van der Waals surface area contributed by atoms with E-state index in [0.717, 1.165) is 51.4 Å². The van der Waals surface area contributed by atoms with Crippen LogP contribution in [0.1, 0.15) is 322 Å². The third kappa shape index (κ3) is 51.7. The zero-order valence-electron chi connectivity index (χ0n) is 44.4. The van der Waals surface area contributed by atoms with E-state index in [0.29, 0.717) is 25.9 Å². The lowest BCUT2D eigenvalue weighted by atomic mass is 10.0. The van der Waals surface area contributed by atoms with Gasteiger partial charge in [-0.1, -0.05) is 289 Å². The van der Waals surface area contributed by atoms with E-state index in [1.165, 1.54) is 238 Å². The van der Waals surface area contributed by atoms with Gasteiger partial charge in [0.05, 0.1) is 25.4 Å². The van der Waals surface area contributed by atoms with E-state index >= 15 is 0 Å². The number of nitrogens with one attached hydrogen (secondary N) is 1. The Hall–Kier alpha value is -1.66. The van der Waals surface area contributed by atoms with Crippen LogP contribution < -0.4 is 5.32 Å². The van der Waals surface area contributed by atoms with Crippen molar-refractivity contribution in [2.45, 2.75) is 334 Å². The largest absolute Gasteiger partial charge is 0.465 e. The first kappa shape index (κ1) is 64.3. The van der Waals surface area contributed by atoms with Crippen molar-refractivity contribution in [1.29, 1.82) is 0 Å². The molecule has 0 spiro atoms. The van der Waals surface area contributed by atoms with Crippen LogP contribution in [0.2, 0.25) is 0 Å². The number of unbranched alkanes of at least 4 members (excludes halogenated alkanes) is 40. The SMILES string of the molecule is CCCCCCCCCCCCCCCCCCCC(O)C(CO)NC(=O)CCCCCCCCCCCCCCCC/C=C\C/C=C\CCOC(=O)CCCCCCCCCCCCC. The molecule has 0 heterocycles. The summed E-state index contributed by atoms with van der Waals surface area (Å²) in [6, 6.07) is -0.545. The van der Waals surface area contributed by atoms with Crippen LogP contribution in [0.4, 0.5) is 0 Å². The Balaban J connectivity index is 3.45. The summed E-state index contributed by atoms with van der Waals surface area (Å²) in [6.45, 7) is 4.85. The molecule has 0 aromatic rings.